The Morgan fingerprint density at radius 2 is 1.90 bits per heavy atom. The Bertz CT molecular complexity index is 506. The molecule has 2 aliphatic rings. The van der Waals surface area contributed by atoms with Crippen LogP contribution in [0.3, 0.4) is 0 Å². The van der Waals surface area contributed by atoms with E-state index in [0.29, 0.717) is 6.04 Å². The quantitative estimate of drug-likeness (QED) is 0.903. The van der Waals surface area contributed by atoms with Crippen molar-refractivity contribution in [2.75, 3.05) is 23.8 Å². The van der Waals surface area contributed by atoms with E-state index in [4.69, 9.17) is 4.98 Å². The number of piperidine rings is 1. The van der Waals surface area contributed by atoms with E-state index in [1.165, 1.54) is 32.1 Å². The van der Waals surface area contributed by atoms with E-state index in [-0.39, 0.29) is 5.41 Å². The Hall–Kier alpha value is -1.32. The summed E-state index contributed by atoms with van der Waals surface area (Å²) in [5.74, 6) is 3.87. The molecule has 116 valence electrons. The standard InChI is InChI=1S/C17H28N4/c1-17(2,3)16-19-14(18-4)11-15(20-16)21-10-6-8-12-7-5-9-13(12)21/h11-13H,5-10H2,1-4H3,(H,18,19,20). The zero-order valence-electron chi connectivity index (χ0n) is 13.8. The lowest BCUT2D eigenvalue weighted by Gasteiger charge is -2.39. The monoisotopic (exact) mass is 288 g/mol. The zero-order chi connectivity index (χ0) is 15.0. The van der Waals surface area contributed by atoms with Gasteiger partial charge in [0.15, 0.2) is 0 Å². The summed E-state index contributed by atoms with van der Waals surface area (Å²) < 4.78 is 0. The lowest BCUT2D eigenvalue weighted by atomic mass is 9.92. The number of hydrogen-bond donors (Lipinski definition) is 1. The Balaban J connectivity index is 1.97. The number of nitrogens with one attached hydrogen (secondary N) is 1. The van der Waals surface area contributed by atoms with Crippen molar-refractivity contribution in [1.29, 1.82) is 0 Å². The number of rotatable bonds is 2. The fourth-order valence-electron chi connectivity index (χ4n) is 3.78. The van der Waals surface area contributed by atoms with Crippen molar-refractivity contribution < 1.29 is 0 Å². The van der Waals surface area contributed by atoms with Crippen LogP contribution < -0.4 is 10.2 Å². The molecule has 4 heteroatoms. The van der Waals surface area contributed by atoms with Gasteiger partial charge in [-0.15, -0.1) is 0 Å². The molecule has 21 heavy (non-hydrogen) atoms. The molecule has 2 unspecified atom stereocenters. The maximum absolute atomic E-state index is 4.91. The predicted molar refractivity (Wildman–Crippen MR) is 88.0 cm³/mol. The van der Waals surface area contributed by atoms with E-state index in [1.54, 1.807) is 0 Å². The van der Waals surface area contributed by atoms with Gasteiger partial charge in [0, 0.05) is 31.1 Å². The summed E-state index contributed by atoms with van der Waals surface area (Å²) in [6, 6.07) is 2.82. The largest absolute Gasteiger partial charge is 0.373 e. The second-order valence-corrected chi connectivity index (χ2v) is 7.53. The molecule has 2 fully saturated rings. The van der Waals surface area contributed by atoms with Gasteiger partial charge in [0.25, 0.3) is 0 Å². The molecule has 1 saturated heterocycles. The molecule has 1 aliphatic carbocycles. The molecular formula is C17H28N4. The molecule has 1 aliphatic heterocycles. The molecule has 1 aromatic rings. The maximum atomic E-state index is 4.91. The fraction of sp³-hybridized carbons (Fsp3) is 0.765. The molecule has 0 amide bonds. The van der Waals surface area contributed by atoms with Crippen LogP contribution in [0, 0.1) is 5.92 Å². The third-order valence-electron chi connectivity index (χ3n) is 4.93. The fourth-order valence-corrected chi connectivity index (χ4v) is 3.78. The third kappa shape index (κ3) is 2.85. The van der Waals surface area contributed by atoms with Gasteiger partial charge in [-0.3, -0.25) is 0 Å². The minimum atomic E-state index is -0.0214. The minimum absolute atomic E-state index is 0.0214. The lowest BCUT2D eigenvalue weighted by molar-refractivity contribution is 0.360. The number of anilines is 2. The van der Waals surface area contributed by atoms with Crippen LogP contribution in [0.5, 0.6) is 0 Å². The van der Waals surface area contributed by atoms with Crippen LogP contribution in [0.1, 0.15) is 58.7 Å². The van der Waals surface area contributed by atoms with Gasteiger partial charge in [-0.25, -0.2) is 9.97 Å². The normalized spacial score (nSPS) is 25.8. The molecule has 4 nitrogen and oxygen atoms in total. The van der Waals surface area contributed by atoms with Gasteiger partial charge < -0.3 is 10.2 Å². The van der Waals surface area contributed by atoms with Crippen LogP contribution in [0.4, 0.5) is 11.6 Å². The average molecular weight is 288 g/mol. The molecule has 0 bridgehead atoms. The number of aromatic nitrogens is 2. The van der Waals surface area contributed by atoms with Crippen LogP contribution >= 0.6 is 0 Å². The molecular weight excluding hydrogens is 260 g/mol. The van der Waals surface area contributed by atoms with Gasteiger partial charge in [0.1, 0.15) is 17.5 Å². The van der Waals surface area contributed by atoms with Gasteiger partial charge >= 0.3 is 0 Å². The van der Waals surface area contributed by atoms with Crippen LogP contribution in [0.15, 0.2) is 6.07 Å². The molecule has 0 spiro atoms. The molecule has 2 heterocycles. The number of hydrogen-bond acceptors (Lipinski definition) is 4. The smallest absolute Gasteiger partial charge is 0.138 e. The van der Waals surface area contributed by atoms with Crippen LogP contribution in [-0.2, 0) is 5.41 Å². The van der Waals surface area contributed by atoms with Gasteiger partial charge in [-0.2, -0.15) is 0 Å². The lowest BCUT2D eigenvalue weighted by Crippen LogP contribution is -2.43. The first-order valence-corrected chi connectivity index (χ1v) is 8.33. The first-order chi connectivity index (χ1) is 9.99. The van der Waals surface area contributed by atoms with E-state index in [0.717, 1.165) is 29.9 Å². The maximum Gasteiger partial charge on any atom is 0.138 e. The van der Waals surface area contributed by atoms with E-state index in [1.807, 2.05) is 7.05 Å². The second kappa shape index (κ2) is 5.47. The highest BCUT2D eigenvalue weighted by molar-refractivity contribution is 5.51. The van der Waals surface area contributed by atoms with Crippen molar-refractivity contribution in [3.8, 4) is 0 Å². The summed E-state index contributed by atoms with van der Waals surface area (Å²) in [6.07, 6.45) is 6.80. The highest BCUT2D eigenvalue weighted by atomic mass is 15.2. The third-order valence-corrected chi connectivity index (χ3v) is 4.93. The van der Waals surface area contributed by atoms with Crippen molar-refractivity contribution in [1.82, 2.24) is 9.97 Å². The van der Waals surface area contributed by atoms with E-state index in [2.05, 4.69) is 42.0 Å². The molecule has 3 rings (SSSR count). The number of fused-ring (bicyclic) bond motifs is 1. The molecule has 2 atom stereocenters. The van der Waals surface area contributed by atoms with Gasteiger partial charge in [-0.05, 0) is 31.6 Å². The zero-order valence-corrected chi connectivity index (χ0v) is 13.8. The highest BCUT2D eigenvalue weighted by Crippen LogP contribution is 2.39. The van der Waals surface area contributed by atoms with Crippen LogP contribution in [-0.4, -0.2) is 29.6 Å². The van der Waals surface area contributed by atoms with E-state index < -0.39 is 0 Å². The summed E-state index contributed by atoms with van der Waals surface area (Å²) in [5.41, 5.74) is -0.0214. The van der Waals surface area contributed by atoms with Crippen molar-refractivity contribution in [2.24, 2.45) is 5.92 Å². The summed E-state index contributed by atoms with van der Waals surface area (Å²) in [5, 5.41) is 3.20. The van der Waals surface area contributed by atoms with Crippen LogP contribution in [0.25, 0.3) is 0 Å². The van der Waals surface area contributed by atoms with Crippen LogP contribution in [0.2, 0.25) is 0 Å². The minimum Gasteiger partial charge on any atom is -0.373 e. The van der Waals surface area contributed by atoms with Gasteiger partial charge in [0.05, 0.1) is 0 Å². The Morgan fingerprint density at radius 1 is 1.14 bits per heavy atom. The first kappa shape index (κ1) is 14.6. The molecule has 0 aromatic carbocycles. The van der Waals surface area contributed by atoms with Gasteiger partial charge in [0.2, 0.25) is 0 Å². The van der Waals surface area contributed by atoms with Gasteiger partial charge in [-0.1, -0.05) is 27.2 Å². The summed E-state index contributed by atoms with van der Waals surface area (Å²) in [4.78, 5) is 12.1. The van der Waals surface area contributed by atoms with Crippen molar-refractivity contribution in [3.05, 3.63) is 11.9 Å². The first-order valence-electron chi connectivity index (χ1n) is 8.33. The molecule has 1 saturated carbocycles. The highest BCUT2D eigenvalue weighted by Gasteiger charge is 2.36. The summed E-state index contributed by atoms with van der Waals surface area (Å²) >= 11 is 0. The second-order valence-electron chi connectivity index (χ2n) is 7.53. The Morgan fingerprint density at radius 3 is 2.62 bits per heavy atom. The molecule has 1 aromatic heterocycles. The van der Waals surface area contributed by atoms with Crippen molar-refractivity contribution in [2.45, 2.75) is 64.3 Å². The topological polar surface area (TPSA) is 41.0 Å². The summed E-state index contributed by atoms with van der Waals surface area (Å²) in [7, 11) is 1.94. The SMILES string of the molecule is CNc1cc(N2CCCC3CCCC32)nc(C(C)(C)C)n1. The Kier molecular flexibility index (Phi) is 3.80. The van der Waals surface area contributed by atoms with Crippen molar-refractivity contribution >= 4 is 11.6 Å². The van der Waals surface area contributed by atoms with Crippen molar-refractivity contribution in [3.63, 3.8) is 0 Å². The average Bonchev–Trinajstić information content (AvgIpc) is 2.94. The Labute approximate surface area is 128 Å². The predicted octanol–water partition coefficient (Wildman–Crippen LogP) is 3.58. The summed E-state index contributed by atoms with van der Waals surface area (Å²) in [6.45, 7) is 7.69. The molecule has 1 N–H and O–H groups in total. The van der Waals surface area contributed by atoms with E-state index in [9.17, 15) is 0 Å². The number of nitrogens with zero attached hydrogens (tertiary/aromatic N) is 3. The molecule has 0 radical (unpaired) electrons. The van der Waals surface area contributed by atoms with E-state index >= 15 is 0 Å².